The summed E-state index contributed by atoms with van der Waals surface area (Å²) in [6.07, 6.45) is 8.97. The largest absolute Gasteiger partial charge is 0.481 e. The fraction of sp³-hybridized carbons (Fsp3) is 0.714. The number of carbonyl (C=O) groups is 2. The zero-order valence-corrected chi connectivity index (χ0v) is 15.6. The van der Waals surface area contributed by atoms with Crippen molar-refractivity contribution in [1.82, 2.24) is 0 Å². The molecule has 4 heteroatoms. The van der Waals surface area contributed by atoms with Crippen LogP contribution < -0.4 is 0 Å². The Morgan fingerprint density at radius 1 is 1.32 bits per heavy atom. The van der Waals surface area contributed by atoms with Crippen molar-refractivity contribution in [2.45, 2.75) is 84.2 Å². The van der Waals surface area contributed by atoms with Gasteiger partial charge in [0, 0.05) is 24.7 Å². The maximum Gasteiger partial charge on any atom is 0.303 e. The lowest BCUT2D eigenvalue weighted by molar-refractivity contribution is -0.137. The molecule has 0 aromatic heterocycles. The number of ketones is 1. The molecule has 0 aromatic carbocycles. The van der Waals surface area contributed by atoms with E-state index < -0.39 is 12.1 Å². The van der Waals surface area contributed by atoms with Gasteiger partial charge in [-0.05, 0) is 45.4 Å². The standard InChI is InChI=1S/C21H32O4/c1-3-4-5-8-18(22)13-11-17-12-15-20(23)19(17)14-10-16(2)7-6-9-21(24)25/h10,17-19,22H,3-9,12,14-15H2,1-2H3,(H,24,25)/t17-,18+,19+/m0/s1. The van der Waals surface area contributed by atoms with Crippen LogP contribution in [0, 0.1) is 23.7 Å². The molecule has 1 saturated carbocycles. The van der Waals surface area contributed by atoms with Gasteiger partial charge in [-0.25, -0.2) is 0 Å². The lowest BCUT2D eigenvalue weighted by Gasteiger charge is -2.12. The van der Waals surface area contributed by atoms with Crippen LogP contribution in [-0.4, -0.2) is 28.1 Å². The average molecular weight is 348 g/mol. The second kappa shape index (κ2) is 11.9. The first-order valence-corrected chi connectivity index (χ1v) is 9.53. The number of hydrogen-bond donors (Lipinski definition) is 2. The summed E-state index contributed by atoms with van der Waals surface area (Å²) in [6.45, 7) is 4.11. The summed E-state index contributed by atoms with van der Waals surface area (Å²) in [7, 11) is 0. The number of carboxylic acids is 1. The molecule has 1 fully saturated rings. The highest BCUT2D eigenvalue weighted by Gasteiger charge is 2.32. The van der Waals surface area contributed by atoms with Gasteiger partial charge in [-0.1, -0.05) is 43.3 Å². The third-order valence-corrected chi connectivity index (χ3v) is 4.80. The predicted molar refractivity (Wildman–Crippen MR) is 99.0 cm³/mol. The molecule has 140 valence electrons. The molecular weight excluding hydrogens is 316 g/mol. The average Bonchev–Trinajstić information content (AvgIpc) is 2.91. The van der Waals surface area contributed by atoms with Gasteiger partial charge in [0.1, 0.15) is 11.9 Å². The van der Waals surface area contributed by atoms with Crippen LogP contribution in [0.3, 0.4) is 0 Å². The molecule has 25 heavy (non-hydrogen) atoms. The van der Waals surface area contributed by atoms with Gasteiger partial charge in [-0.15, -0.1) is 0 Å². The lowest BCUT2D eigenvalue weighted by atomic mass is 9.91. The van der Waals surface area contributed by atoms with Gasteiger partial charge in [0.15, 0.2) is 0 Å². The third kappa shape index (κ3) is 8.88. The quantitative estimate of drug-likeness (QED) is 0.354. The van der Waals surface area contributed by atoms with Crippen molar-refractivity contribution < 1.29 is 19.8 Å². The minimum Gasteiger partial charge on any atom is -0.481 e. The molecule has 2 N–H and O–H groups in total. The normalized spacial score (nSPS) is 21.7. The number of aliphatic hydroxyl groups is 1. The van der Waals surface area contributed by atoms with E-state index in [1.807, 2.05) is 6.92 Å². The number of Topliss-reactive ketones (excluding diaryl/α,β-unsaturated/α-hetero) is 1. The van der Waals surface area contributed by atoms with Crippen molar-refractivity contribution in [2.24, 2.45) is 11.8 Å². The molecule has 1 rings (SSSR count). The van der Waals surface area contributed by atoms with Crippen molar-refractivity contribution in [1.29, 1.82) is 0 Å². The van der Waals surface area contributed by atoms with Crippen LogP contribution in [0.4, 0.5) is 0 Å². The van der Waals surface area contributed by atoms with E-state index in [0.717, 1.165) is 37.7 Å². The molecule has 4 nitrogen and oxygen atoms in total. The molecule has 0 bridgehead atoms. The first-order valence-electron chi connectivity index (χ1n) is 9.53. The van der Waals surface area contributed by atoms with Gasteiger partial charge in [-0.3, -0.25) is 9.59 Å². The van der Waals surface area contributed by atoms with Crippen LogP contribution in [0.15, 0.2) is 11.6 Å². The van der Waals surface area contributed by atoms with Gasteiger partial charge in [-0.2, -0.15) is 0 Å². The Bertz CT molecular complexity index is 524. The number of aliphatic carboxylic acids is 1. The lowest BCUT2D eigenvalue weighted by Crippen LogP contribution is -2.13. The number of allylic oxidation sites excluding steroid dienone is 2. The van der Waals surface area contributed by atoms with Crippen molar-refractivity contribution >= 4 is 11.8 Å². The van der Waals surface area contributed by atoms with E-state index in [2.05, 4.69) is 24.8 Å². The third-order valence-electron chi connectivity index (χ3n) is 4.80. The van der Waals surface area contributed by atoms with Gasteiger partial charge in [0.2, 0.25) is 0 Å². The Hall–Kier alpha value is -1.60. The van der Waals surface area contributed by atoms with E-state index in [1.54, 1.807) is 0 Å². The van der Waals surface area contributed by atoms with Crippen molar-refractivity contribution in [3.8, 4) is 11.8 Å². The number of aliphatic hydroxyl groups excluding tert-OH is 1. The van der Waals surface area contributed by atoms with Crippen LogP contribution in [0.5, 0.6) is 0 Å². The van der Waals surface area contributed by atoms with Crippen LogP contribution in [-0.2, 0) is 9.59 Å². The SMILES string of the molecule is CCCCC[C@@H](O)C#C[C@H]1CCC(=O)[C@@H]1CC=C(C)CCCC(=O)O. The van der Waals surface area contributed by atoms with E-state index in [1.165, 1.54) is 0 Å². The maximum absolute atomic E-state index is 12.1. The minimum atomic E-state index is -0.772. The molecule has 0 saturated heterocycles. The molecule has 0 aliphatic heterocycles. The smallest absolute Gasteiger partial charge is 0.303 e. The van der Waals surface area contributed by atoms with E-state index in [4.69, 9.17) is 5.11 Å². The zero-order valence-electron chi connectivity index (χ0n) is 15.6. The highest BCUT2D eigenvalue weighted by atomic mass is 16.4. The number of unbranched alkanes of at least 4 members (excludes halogenated alkanes) is 2. The molecule has 0 spiro atoms. The highest BCUT2D eigenvalue weighted by molar-refractivity contribution is 5.84. The highest BCUT2D eigenvalue weighted by Crippen LogP contribution is 2.31. The van der Waals surface area contributed by atoms with Crippen LogP contribution in [0.2, 0.25) is 0 Å². The number of carboxylic acid groups (broad SMARTS) is 1. The molecule has 0 amide bonds. The first kappa shape index (κ1) is 21.4. The second-order valence-electron chi connectivity index (χ2n) is 7.05. The van der Waals surface area contributed by atoms with Crippen molar-refractivity contribution in [3.05, 3.63) is 11.6 Å². The number of rotatable bonds is 10. The summed E-state index contributed by atoms with van der Waals surface area (Å²) < 4.78 is 0. The molecule has 3 atom stereocenters. The summed E-state index contributed by atoms with van der Waals surface area (Å²) >= 11 is 0. The molecule has 1 aliphatic carbocycles. The summed E-state index contributed by atoms with van der Waals surface area (Å²) in [4.78, 5) is 22.7. The number of hydrogen-bond acceptors (Lipinski definition) is 3. The van der Waals surface area contributed by atoms with Gasteiger partial charge in [0.05, 0.1) is 0 Å². The molecule has 0 heterocycles. The topological polar surface area (TPSA) is 74.6 Å². The van der Waals surface area contributed by atoms with Crippen molar-refractivity contribution in [2.75, 3.05) is 0 Å². The fourth-order valence-corrected chi connectivity index (χ4v) is 3.19. The van der Waals surface area contributed by atoms with Gasteiger partial charge < -0.3 is 10.2 Å². The summed E-state index contributed by atoms with van der Waals surface area (Å²) in [6, 6.07) is 0. The minimum absolute atomic E-state index is 0.0383. The number of carbonyl (C=O) groups excluding carboxylic acids is 1. The molecule has 0 aromatic rings. The van der Waals surface area contributed by atoms with Crippen LogP contribution in [0.1, 0.15) is 78.1 Å². The fourth-order valence-electron chi connectivity index (χ4n) is 3.19. The van der Waals surface area contributed by atoms with Crippen molar-refractivity contribution in [3.63, 3.8) is 0 Å². The Balaban J connectivity index is 2.50. The Kier molecular flexibility index (Phi) is 10.2. The van der Waals surface area contributed by atoms with E-state index >= 15 is 0 Å². The maximum atomic E-state index is 12.1. The van der Waals surface area contributed by atoms with Crippen LogP contribution in [0.25, 0.3) is 0 Å². The predicted octanol–water partition coefficient (Wildman–Crippen LogP) is 4.12. The summed E-state index contributed by atoms with van der Waals surface area (Å²) in [5, 5.41) is 18.6. The Labute approximate surface area is 151 Å². The van der Waals surface area contributed by atoms with E-state index in [9.17, 15) is 14.7 Å². The van der Waals surface area contributed by atoms with Gasteiger partial charge in [0.25, 0.3) is 0 Å². The van der Waals surface area contributed by atoms with E-state index in [-0.39, 0.29) is 24.0 Å². The summed E-state index contributed by atoms with van der Waals surface area (Å²) in [5.41, 5.74) is 1.13. The molecule has 0 radical (unpaired) electrons. The summed E-state index contributed by atoms with van der Waals surface area (Å²) in [5.74, 6) is 5.52. The molecule has 0 unspecified atom stereocenters. The first-order chi connectivity index (χ1) is 11.9. The van der Waals surface area contributed by atoms with Gasteiger partial charge >= 0.3 is 5.97 Å². The zero-order chi connectivity index (χ0) is 18.7. The second-order valence-corrected chi connectivity index (χ2v) is 7.05. The van der Waals surface area contributed by atoms with E-state index in [0.29, 0.717) is 25.7 Å². The molecule has 1 aliphatic rings. The molecular formula is C21H32O4. The Morgan fingerprint density at radius 3 is 2.76 bits per heavy atom. The van der Waals surface area contributed by atoms with Crippen LogP contribution >= 0.6 is 0 Å². The Morgan fingerprint density at radius 2 is 2.08 bits per heavy atom. The monoisotopic (exact) mass is 348 g/mol.